The summed E-state index contributed by atoms with van der Waals surface area (Å²) in [5, 5.41) is 19.0. The molecule has 0 saturated carbocycles. The average molecular weight is 194 g/mol. The molecule has 0 aliphatic carbocycles. The standard InChI is InChI=1S/C12H18O2/c1-8-5-9(7-13)11(14)10(6-8)12(2,3)4/h5-6,13-14H,7H2,1-4H3. The monoisotopic (exact) mass is 194 g/mol. The highest BCUT2D eigenvalue weighted by molar-refractivity contribution is 5.46. The van der Waals surface area contributed by atoms with Crippen LogP contribution in [0.25, 0.3) is 0 Å². The summed E-state index contributed by atoms with van der Waals surface area (Å²) >= 11 is 0. The van der Waals surface area contributed by atoms with Gasteiger partial charge in [0, 0.05) is 5.56 Å². The normalized spacial score (nSPS) is 11.8. The van der Waals surface area contributed by atoms with Crippen molar-refractivity contribution in [2.75, 3.05) is 0 Å². The van der Waals surface area contributed by atoms with E-state index in [2.05, 4.69) is 0 Å². The van der Waals surface area contributed by atoms with Gasteiger partial charge < -0.3 is 10.2 Å². The van der Waals surface area contributed by atoms with Crippen LogP contribution in [0.3, 0.4) is 0 Å². The van der Waals surface area contributed by atoms with Crippen LogP contribution in [-0.4, -0.2) is 10.2 Å². The number of aliphatic hydroxyl groups excluding tert-OH is 1. The van der Waals surface area contributed by atoms with E-state index in [9.17, 15) is 5.11 Å². The average Bonchev–Trinajstić information content (AvgIpc) is 2.06. The van der Waals surface area contributed by atoms with E-state index < -0.39 is 0 Å². The molecule has 2 N–H and O–H groups in total. The summed E-state index contributed by atoms with van der Waals surface area (Å²) < 4.78 is 0. The first-order valence-corrected chi connectivity index (χ1v) is 4.80. The third kappa shape index (κ3) is 2.07. The summed E-state index contributed by atoms with van der Waals surface area (Å²) in [4.78, 5) is 0. The fourth-order valence-electron chi connectivity index (χ4n) is 1.55. The molecule has 1 aromatic carbocycles. The summed E-state index contributed by atoms with van der Waals surface area (Å²) in [6.07, 6.45) is 0. The molecule has 0 unspecified atom stereocenters. The van der Waals surface area contributed by atoms with Crippen molar-refractivity contribution in [2.24, 2.45) is 0 Å². The van der Waals surface area contributed by atoms with Crippen LogP contribution in [0.15, 0.2) is 12.1 Å². The van der Waals surface area contributed by atoms with Gasteiger partial charge in [-0.3, -0.25) is 0 Å². The fraction of sp³-hybridized carbons (Fsp3) is 0.500. The van der Waals surface area contributed by atoms with Gasteiger partial charge in [0.2, 0.25) is 0 Å². The summed E-state index contributed by atoms with van der Waals surface area (Å²) in [5.41, 5.74) is 2.47. The van der Waals surface area contributed by atoms with Gasteiger partial charge in [0.1, 0.15) is 5.75 Å². The number of hydrogen-bond donors (Lipinski definition) is 2. The molecule has 1 rings (SSSR count). The molecule has 0 aromatic heterocycles. The SMILES string of the molecule is Cc1cc(CO)c(O)c(C(C)(C)C)c1. The molecular weight excluding hydrogens is 176 g/mol. The van der Waals surface area contributed by atoms with Crippen molar-refractivity contribution >= 4 is 0 Å². The maximum atomic E-state index is 9.89. The van der Waals surface area contributed by atoms with Gasteiger partial charge in [-0.1, -0.05) is 38.5 Å². The second-order valence-electron chi connectivity index (χ2n) is 4.73. The molecule has 0 spiro atoms. The number of rotatable bonds is 1. The quantitative estimate of drug-likeness (QED) is 0.721. The van der Waals surface area contributed by atoms with Crippen molar-refractivity contribution in [1.29, 1.82) is 0 Å². The van der Waals surface area contributed by atoms with Crippen LogP contribution in [0.1, 0.15) is 37.5 Å². The van der Waals surface area contributed by atoms with Crippen LogP contribution in [0, 0.1) is 6.92 Å². The maximum Gasteiger partial charge on any atom is 0.124 e. The van der Waals surface area contributed by atoms with E-state index in [0.29, 0.717) is 5.56 Å². The van der Waals surface area contributed by atoms with Crippen LogP contribution in [-0.2, 0) is 12.0 Å². The lowest BCUT2D eigenvalue weighted by molar-refractivity contribution is 0.274. The van der Waals surface area contributed by atoms with Gasteiger partial charge in [0.25, 0.3) is 0 Å². The molecule has 0 radical (unpaired) electrons. The van der Waals surface area contributed by atoms with Gasteiger partial charge in [0.15, 0.2) is 0 Å². The summed E-state index contributed by atoms with van der Waals surface area (Å²) in [6, 6.07) is 3.78. The number of aliphatic hydroxyl groups is 1. The molecule has 2 nitrogen and oxygen atoms in total. The third-order valence-electron chi connectivity index (χ3n) is 2.31. The molecule has 14 heavy (non-hydrogen) atoms. The lowest BCUT2D eigenvalue weighted by atomic mass is 9.84. The van der Waals surface area contributed by atoms with E-state index in [1.807, 2.05) is 39.8 Å². The van der Waals surface area contributed by atoms with E-state index in [4.69, 9.17) is 5.11 Å². The Labute approximate surface area is 85.2 Å². The van der Waals surface area contributed by atoms with E-state index in [1.165, 1.54) is 0 Å². The van der Waals surface area contributed by atoms with Crippen molar-refractivity contribution in [3.8, 4) is 5.75 Å². The number of aryl methyl sites for hydroxylation is 1. The molecule has 0 aliphatic rings. The Morgan fingerprint density at radius 1 is 1.21 bits per heavy atom. The summed E-state index contributed by atoms with van der Waals surface area (Å²) in [7, 11) is 0. The Morgan fingerprint density at radius 3 is 2.21 bits per heavy atom. The second kappa shape index (κ2) is 3.62. The fourth-order valence-corrected chi connectivity index (χ4v) is 1.55. The third-order valence-corrected chi connectivity index (χ3v) is 2.31. The van der Waals surface area contributed by atoms with Gasteiger partial charge in [-0.15, -0.1) is 0 Å². The van der Waals surface area contributed by atoms with Crippen molar-refractivity contribution in [3.05, 3.63) is 28.8 Å². The molecule has 0 heterocycles. The number of aromatic hydroxyl groups is 1. The first kappa shape index (κ1) is 11.1. The molecule has 1 aromatic rings. The lowest BCUT2D eigenvalue weighted by Crippen LogP contribution is -2.12. The first-order chi connectivity index (χ1) is 6.36. The van der Waals surface area contributed by atoms with E-state index in [-0.39, 0.29) is 17.8 Å². The minimum atomic E-state index is -0.114. The highest BCUT2D eigenvalue weighted by Gasteiger charge is 2.20. The Morgan fingerprint density at radius 2 is 1.79 bits per heavy atom. The predicted molar refractivity (Wildman–Crippen MR) is 57.5 cm³/mol. The molecule has 0 bridgehead atoms. The topological polar surface area (TPSA) is 40.5 Å². The Balaban J connectivity index is 3.37. The van der Waals surface area contributed by atoms with Gasteiger partial charge in [-0.05, 0) is 17.9 Å². The molecular formula is C12H18O2. The first-order valence-electron chi connectivity index (χ1n) is 4.80. The highest BCUT2D eigenvalue weighted by Crippen LogP contribution is 2.34. The van der Waals surface area contributed by atoms with Crippen molar-refractivity contribution < 1.29 is 10.2 Å². The Hall–Kier alpha value is -1.02. The van der Waals surface area contributed by atoms with Gasteiger partial charge in [-0.2, -0.15) is 0 Å². The summed E-state index contributed by atoms with van der Waals surface area (Å²) in [5.74, 6) is 0.227. The van der Waals surface area contributed by atoms with Crippen LogP contribution in [0.2, 0.25) is 0 Å². The van der Waals surface area contributed by atoms with Crippen LogP contribution >= 0.6 is 0 Å². The highest BCUT2D eigenvalue weighted by atomic mass is 16.3. The minimum absolute atomic E-state index is 0.0972. The number of benzene rings is 1. The number of hydrogen-bond acceptors (Lipinski definition) is 2. The molecule has 78 valence electrons. The Kier molecular flexibility index (Phi) is 2.86. The summed E-state index contributed by atoms with van der Waals surface area (Å²) in [6.45, 7) is 7.98. The molecule has 0 aliphatic heterocycles. The molecule has 0 atom stereocenters. The van der Waals surface area contributed by atoms with Gasteiger partial charge in [0.05, 0.1) is 6.61 Å². The zero-order valence-electron chi connectivity index (χ0n) is 9.26. The molecule has 0 saturated heterocycles. The Bertz CT molecular complexity index is 335. The van der Waals surface area contributed by atoms with Crippen LogP contribution < -0.4 is 0 Å². The zero-order chi connectivity index (χ0) is 10.9. The van der Waals surface area contributed by atoms with Crippen LogP contribution in [0.4, 0.5) is 0 Å². The van der Waals surface area contributed by atoms with Gasteiger partial charge in [-0.25, -0.2) is 0 Å². The molecule has 0 amide bonds. The molecule has 0 fully saturated rings. The second-order valence-corrected chi connectivity index (χ2v) is 4.73. The van der Waals surface area contributed by atoms with E-state index in [0.717, 1.165) is 11.1 Å². The van der Waals surface area contributed by atoms with Crippen molar-refractivity contribution in [3.63, 3.8) is 0 Å². The largest absolute Gasteiger partial charge is 0.507 e. The van der Waals surface area contributed by atoms with E-state index >= 15 is 0 Å². The maximum absolute atomic E-state index is 9.89. The van der Waals surface area contributed by atoms with Crippen molar-refractivity contribution in [1.82, 2.24) is 0 Å². The predicted octanol–water partition coefficient (Wildman–Crippen LogP) is 2.49. The molecule has 2 heteroatoms. The van der Waals surface area contributed by atoms with Gasteiger partial charge >= 0.3 is 0 Å². The van der Waals surface area contributed by atoms with Crippen LogP contribution in [0.5, 0.6) is 5.75 Å². The number of phenols is 1. The van der Waals surface area contributed by atoms with E-state index in [1.54, 1.807) is 0 Å². The lowest BCUT2D eigenvalue weighted by Gasteiger charge is -2.22. The minimum Gasteiger partial charge on any atom is -0.507 e. The van der Waals surface area contributed by atoms with Crippen molar-refractivity contribution in [2.45, 2.75) is 39.7 Å². The zero-order valence-corrected chi connectivity index (χ0v) is 9.26. The smallest absolute Gasteiger partial charge is 0.124 e.